The maximum Gasteiger partial charge on any atom is 0.291 e. The molecule has 0 bridgehead atoms. The SMILES string of the molecule is O=c1c(NCc2ncn[nH]2)c(Cl)cnn1CC1CCC1. The zero-order chi connectivity index (χ0) is 13.9. The molecule has 2 aromatic rings. The van der Waals surface area contributed by atoms with Crippen molar-refractivity contribution in [2.45, 2.75) is 32.4 Å². The zero-order valence-corrected chi connectivity index (χ0v) is 11.6. The van der Waals surface area contributed by atoms with Gasteiger partial charge in [0.15, 0.2) is 0 Å². The van der Waals surface area contributed by atoms with Crippen molar-refractivity contribution in [2.24, 2.45) is 5.92 Å². The summed E-state index contributed by atoms with van der Waals surface area (Å²) in [4.78, 5) is 16.3. The van der Waals surface area contributed by atoms with Gasteiger partial charge in [-0.2, -0.15) is 10.2 Å². The Balaban J connectivity index is 1.77. The van der Waals surface area contributed by atoms with Gasteiger partial charge in [-0.3, -0.25) is 9.89 Å². The van der Waals surface area contributed by atoms with Gasteiger partial charge in [0.1, 0.15) is 17.8 Å². The predicted octanol–water partition coefficient (Wildman–Crippen LogP) is 1.43. The van der Waals surface area contributed by atoms with Gasteiger partial charge in [0.05, 0.1) is 17.8 Å². The van der Waals surface area contributed by atoms with Crippen LogP contribution < -0.4 is 10.9 Å². The second-order valence-electron chi connectivity index (χ2n) is 4.94. The molecule has 1 saturated carbocycles. The van der Waals surface area contributed by atoms with Gasteiger partial charge < -0.3 is 5.32 Å². The van der Waals surface area contributed by atoms with Crippen LogP contribution in [0.2, 0.25) is 5.02 Å². The first-order valence-corrected chi connectivity index (χ1v) is 6.95. The van der Waals surface area contributed by atoms with Crippen molar-refractivity contribution >= 4 is 17.3 Å². The standard InChI is InChI=1S/C12H15ClN6O/c13-9-4-17-19(6-8-2-1-3-8)12(20)11(9)14-5-10-15-7-16-18-10/h4,7-8,14H,1-3,5-6H2,(H,15,16,18). The molecule has 20 heavy (non-hydrogen) atoms. The number of hydrogen-bond donors (Lipinski definition) is 2. The van der Waals surface area contributed by atoms with Gasteiger partial charge in [0, 0.05) is 6.54 Å². The molecule has 0 aliphatic heterocycles. The average molecular weight is 295 g/mol. The van der Waals surface area contributed by atoms with Gasteiger partial charge >= 0.3 is 0 Å². The summed E-state index contributed by atoms with van der Waals surface area (Å²) in [6, 6.07) is 0. The highest BCUT2D eigenvalue weighted by atomic mass is 35.5. The van der Waals surface area contributed by atoms with Gasteiger partial charge in [-0.1, -0.05) is 18.0 Å². The normalized spacial score (nSPS) is 15.1. The van der Waals surface area contributed by atoms with E-state index < -0.39 is 0 Å². The summed E-state index contributed by atoms with van der Waals surface area (Å²) in [5.74, 6) is 1.20. The Morgan fingerprint density at radius 3 is 3.00 bits per heavy atom. The van der Waals surface area contributed by atoms with Crippen LogP contribution in [0.3, 0.4) is 0 Å². The highest BCUT2D eigenvalue weighted by Gasteiger charge is 2.20. The predicted molar refractivity (Wildman–Crippen MR) is 74.6 cm³/mol. The molecule has 7 nitrogen and oxygen atoms in total. The van der Waals surface area contributed by atoms with E-state index in [4.69, 9.17) is 11.6 Å². The van der Waals surface area contributed by atoms with Crippen molar-refractivity contribution in [3.05, 3.63) is 33.7 Å². The number of rotatable bonds is 5. The number of nitrogens with zero attached hydrogens (tertiary/aromatic N) is 4. The molecule has 2 heterocycles. The third-order valence-electron chi connectivity index (χ3n) is 3.55. The quantitative estimate of drug-likeness (QED) is 0.871. The number of anilines is 1. The fourth-order valence-electron chi connectivity index (χ4n) is 2.17. The second kappa shape index (κ2) is 5.62. The lowest BCUT2D eigenvalue weighted by atomic mass is 9.85. The van der Waals surface area contributed by atoms with Gasteiger partial charge in [0.2, 0.25) is 0 Å². The molecule has 1 aliphatic carbocycles. The largest absolute Gasteiger partial charge is 0.372 e. The first kappa shape index (κ1) is 13.1. The molecule has 0 amide bonds. The number of hydrogen-bond acceptors (Lipinski definition) is 5. The number of H-pyrrole nitrogens is 1. The summed E-state index contributed by atoms with van der Waals surface area (Å²) < 4.78 is 1.48. The Bertz CT molecular complexity index is 634. The molecular formula is C12H15ClN6O. The van der Waals surface area contributed by atoms with Crippen LogP contribution in [0.4, 0.5) is 5.69 Å². The average Bonchev–Trinajstić information content (AvgIpc) is 2.89. The van der Waals surface area contributed by atoms with Crippen LogP contribution in [0.1, 0.15) is 25.1 Å². The summed E-state index contributed by atoms with van der Waals surface area (Å²) in [5, 5.41) is 13.9. The minimum atomic E-state index is -0.191. The summed E-state index contributed by atoms with van der Waals surface area (Å²) >= 11 is 6.04. The van der Waals surface area contributed by atoms with Gasteiger partial charge in [-0.25, -0.2) is 9.67 Å². The third-order valence-corrected chi connectivity index (χ3v) is 3.84. The fraction of sp³-hybridized carbons (Fsp3) is 0.500. The van der Waals surface area contributed by atoms with Gasteiger partial charge in [-0.15, -0.1) is 0 Å². The topological polar surface area (TPSA) is 88.5 Å². The molecule has 0 spiro atoms. The van der Waals surface area contributed by atoms with E-state index in [9.17, 15) is 4.79 Å². The Hall–Kier alpha value is -1.89. The highest BCUT2D eigenvalue weighted by molar-refractivity contribution is 6.32. The van der Waals surface area contributed by atoms with Crippen molar-refractivity contribution in [1.29, 1.82) is 0 Å². The van der Waals surface area contributed by atoms with Crippen molar-refractivity contribution in [1.82, 2.24) is 25.0 Å². The van der Waals surface area contributed by atoms with Crippen LogP contribution in [0, 0.1) is 5.92 Å². The van der Waals surface area contributed by atoms with Gasteiger partial charge in [0.25, 0.3) is 5.56 Å². The fourth-order valence-corrected chi connectivity index (χ4v) is 2.36. The molecule has 3 rings (SSSR count). The molecule has 2 N–H and O–H groups in total. The number of nitrogens with one attached hydrogen (secondary N) is 2. The maximum absolute atomic E-state index is 12.3. The Morgan fingerprint density at radius 1 is 1.50 bits per heavy atom. The van der Waals surface area contributed by atoms with E-state index in [2.05, 4.69) is 25.6 Å². The third kappa shape index (κ3) is 2.67. The molecule has 1 aliphatic rings. The molecule has 0 unspecified atom stereocenters. The second-order valence-corrected chi connectivity index (χ2v) is 5.34. The van der Waals surface area contributed by atoms with Crippen LogP contribution in [0.15, 0.2) is 17.3 Å². The van der Waals surface area contributed by atoms with Crippen molar-refractivity contribution < 1.29 is 0 Å². The van der Waals surface area contributed by atoms with Crippen molar-refractivity contribution in [3.8, 4) is 0 Å². The smallest absolute Gasteiger partial charge is 0.291 e. The van der Waals surface area contributed by atoms with E-state index in [1.54, 1.807) is 0 Å². The van der Waals surface area contributed by atoms with E-state index in [1.807, 2.05) is 0 Å². The molecular weight excluding hydrogens is 280 g/mol. The Kier molecular flexibility index (Phi) is 3.68. The van der Waals surface area contributed by atoms with Crippen molar-refractivity contribution in [3.63, 3.8) is 0 Å². The van der Waals surface area contributed by atoms with Gasteiger partial charge in [-0.05, 0) is 18.8 Å². The first-order chi connectivity index (χ1) is 9.74. The zero-order valence-electron chi connectivity index (χ0n) is 10.8. The highest BCUT2D eigenvalue weighted by Crippen LogP contribution is 2.27. The number of halogens is 1. The summed E-state index contributed by atoms with van der Waals surface area (Å²) in [7, 11) is 0. The molecule has 1 fully saturated rings. The Labute approximate surface area is 120 Å². The summed E-state index contributed by atoms with van der Waals surface area (Å²) in [6.07, 6.45) is 6.49. The van der Waals surface area contributed by atoms with E-state index in [0.717, 1.165) is 12.8 Å². The molecule has 0 atom stereocenters. The summed E-state index contributed by atoms with van der Waals surface area (Å²) in [5.41, 5.74) is 0.168. The maximum atomic E-state index is 12.3. The van der Waals surface area contributed by atoms with Crippen LogP contribution in [-0.2, 0) is 13.1 Å². The number of aromatic nitrogens is 5. The van der Waals surface area contributed by atoms with E-state index in [1.165, 1.54) is 23.6 Å². The minimum Gasteiger partial charge on any atom is -0.372 e. The molecule has 0 aromatic carbocycles. The molecule has 8 heteroatoms. The first-order valence-electron chi connectivity index (χ1n) is 6.58. The lowest BCUT2D eigenvalue weighted by molar-refractivity contribution is 0.262. The van der Waals surface area contributed by atoms with Crippen molar-refractivity contribution in [2.75, 3.05) is 5.32 Å². The molecule has 106 valence electrons. The minimum absolute atomic E-state index is 0.191. The van der Waals surface area contributed by atoms with Crippen LogP contribution in [0.5, 0.6) is 0 Å². The summed E-state index contributed by atoms with van der Waals surface area (Å²) in [6.45, 7) is 1.02. The van der Waals surface area contributed by atoms with E-state index in [0.29, 0.717) is 35.5 Å². The van der Waals surface area contributed by atoms with Crippen LogP contribution in [0.25, 0.3) is 0 Å². The van der Waals surface area contributed by atoms with E-state index in [-0.39, 0.29) is 5.56 Å². The molecule has 0 saturated heterocycles. The monoisotopic (exact) mass is 294 g/mol. The Morgan fingerprint density at radius 2 is 2.35 bits per heavy atom. The van der Waals surface area contributed by atoms with E-state index >= 15 is 0 Å². The van der Waals surface area contributed by atoms with Crippen LogP contribution in [-0.4, -0.2) is 25.0 Å². The number of aromatic amines is 1. The molecule has 2 aromatic heterocycles. The lowest BCUT2D eigenvalue weighted by Crippen LogP contribution is -2.30. The lowest BCUT2D eigenvalue weighted by Gasteiger charge is -2.25. The molecule has 0 radical (unpaired) electrons. The van der Waals surface area contributed by atoms with Crippen LogP contribution >= 0.6 is 11.6 Å².